The van der Waals surface area contributed by atoms with Crippen LogP contribution >= 0.6 is 0 Å². The Bertz CT molecular complexity index is 272. The number of nitrogens with zero attached hydrogens (tertiary/aromatic N) is 1. The molecule has 0 bridgehead atoms. The van der Waals surface area contributed by atoms with Gasteiger partial charge in [-0.3, -0.25) is 4.90 Å². The fourth-order valence-electron chi connectivity index (χ4n) is 3.35. The van der Waals surface area contributed by atoms with Gasteiger partial charge in [0.05, 0.1) is 0 Å². The van der Waals surface area contributed by atoms with Gasteiger partial charge in [0, 0.05) is 30.7 Å². The zero-order valence-electron chi connectivity index (χ0n) is 13.0. The molecular weight excluding hydrogens is 220 g/mol. The quantitative estimate of drug-likeness (QED) is 0.808. The summed E-state index contributed by atoms with van der Waals surface area (Å²) < 4.78 is 0. The smallest absolute Gasteiger partial charge is 0.0278 e. The predicted molar refractivity (Wildman–Crippen MR) is 78.8 cm³/mol. The molecule has 0 aromatic carbocycles. The van der Waals surface area contributed by atoms with Gasteiger partial charge in [0.2, 0.25) is 0 Å². The van der Waals surface area contributed by atoms with Crippen LogP contribution in [0.3, 0.4) is 0 Å². The molecule has 0 aromatic heterocycles. The Morgan fingerprint density at radius 2 is 1.94 bits per heavy atom. The lowest BCUT2D eigenvalue weighted by molar-refractivity contribution is 0.0257. The standard InChI is InChI=1S/C16H32N2/c1-6-16(5)11-18(13(4)9-14-7-8-14)15(10-17-16)12(2)3/h12-15,17H,6-11H2,1-5H3. The Balaban J connectivity index is 2.03. The molecule has 1 heterocycles. The first-order valence-corrected chi connectivity index (χ1v) is 7.96. The summed E-state index contributed by atoms with van der Waals surface area (Å²) in [5, 5.41) is 3.79. The van der Waals surface area contributed by atoms with Gasteiger partial charge in [-0.25, -0.2) is 0 Å². The van der Waals surface area contributed by atoms with Crippen LogP contribution in [0.5, 0.6) is 0 Å². The molecule has 1 aliphatic carbocycles. The minimum absolute atomic E-state index is 0.323. The van der Waals surface area contributed by atoms with Gasteiger partial charge >= 0.3 is 0 Å². The molecule has 1 N–H and O–H groups in total. The molecule has 106 valence electrons. The van der Waals surface area contributed by atoms with Crippen molar-refractivity contribution in [2.45, 2.75) is 77.9 Å². The largest absolute Gasteiger partial charge is 0.309 e. The number of hydrogen-bond donors (Lipinski definition) is 1. The summed E-state index contributed by atoms with van der Waals surface area (Å²) in [7, 11) is 0. The van der Waals surface area contributed by atoms with Crippen LogP contribution in [-0.2, 0) is 0 Å². The summed E-state index contributed by atoms with van der Waals surface area (Å²) in [5.41, 5.74) is 0.323. The number of piperazine rings is 1. The maximum atomic E-state index is 3.79. The van der Waals surface area contributed by atoms with Crippen LogP contribution in [-0.4, -0.2) is 35.6 Å². The molecule has 2 fully saturated rings. The normalized spacial score (nSPS) is 36.0. The van der Waals surface area contributed by atoms with Crippen molar-refractivity contribution in [3.63, 3.8) is 0 Å². The Hall–Kier alpha value is -0.0800. The van der Waals surface area contributed by atoms with Crippen molar-refractivity contribution in [1.82, 2.24) is 10.2 Å². The average molecular weight is 252 g/mol. The van der Waals surface area contributed by atoms with Crippen molar-refractivity contribution >= 4 is 0 Å². The summed E-state index contributed by atoms with van der Waals surface area (Å²) in [4.78, 5) is 2.81. The van der Waals surface area contributed by atoms with Crippen molar-refractivity contribution in [1.29, 1.82) is 0 Å². The monoisotopic (exact) mass is 252 g/mol. The molecule has 2 aliphatic rings. The van der Waals surface area contributed by atoms with Crippen molar-refractivity contribution < 1.29 is 0 Å². The Morgan fingerprint density at radius 1 is 1.28 bits per heavy atom. The lowest BCUT2D eigenvalue weighted by Gasteiger charge is -2.50. The molecule has 2 heteroatoms. The molecule has 0 spiro atoms. The van der Waals surface area contributed by atoms with E-state index < -0.39 is 0 Å². The van der Waals surface area contributed by atoms with Gasteiger partial charge < -0.3 is 5.32 Å². The van der Waals surface area contributed by atoms with Crippen molar-refractivity contribution in [2.24, 2.45) is 11.8 Å². The maximum absolute atomic E-state index is 3.79. The molecule has 3 unspecified atom stereocenters. The van der Waals surface area contributed by atoms with Crippen LogP contribution < -0.4 is 5.32 Å². The van der Waals surface area contributed by atoms with E-state index in [1.165, 1.54) is 32.2 Å². The summed E-state index contributed by atoms with van der Waals surface area (Å²) in [6.07, 6.45) is 5.61. The highest BCUT2D eigenvalue weighted by atomic mass is 15.3. The molecule has 2 rings (SSSR count). The van der Waals surface area contributed by atoms with Gasteiger partial charge in [0.1, 0.15) is 0 Å². The molecule has 18 heavy (non-hydrogen) atoms. The molecule has 1 aliphatic heterocycles. The Morgan fingerprint density at radius 3 is 2.44 bits per heavy atom. The highest BCUT2D eigenvalue weighted by Crippen LogP contribution is 2.36. The lowest BCUT2D eigenvalue weighted by atomic mass is 9.88. The lowest BCUT2D eigenvalue weighted by Crippen LogP contribution is -2.65. The van der Waals surface area contributed by atoms with Gasteiger partial charge in [-0.15, -0.1) is 0 Å². The molecule has 1 saturated carbocycles. The zero-order chi connectivity index (χ0) is 13.3. The van der Waals surface area contributed by atoms with Gasteiger partial charge in [-0.2, -0.15) is 0 Å². The van der Waals surface area contributed by atoms with E-state index >= 15 is 0 Å². The van der Waals surface area contributed by atoms with E-state index in [1.54, 1.807) is 0 Å². The van der Waals surface area contributed by atoms with Crippen LogP contribution in [0.2, 0.25) is 0 Å². The number of hydrogen-bond acceptors (Lipinski definition) is 2. The first-order chi connectivity index (χ1) is 8.45. The van der Waals surface area contributed by atoms with Crippen LogP contribution in [0.1, 0.15) is 60.3 Å². The second-order valence-corrected chi connectivity index (χ2v) is 7.31. The van der Waals surface area contributed by atoms with Gasteiger partial charge in [-0.05, 0) is 38.5 Å². The molecule has 3 atom stereocenters. The van der Waals surface area contributed by atoms with E-state index in [9.17, 15) is 0 Å². The number of rotatable bonds is 5. The fourth-order valence-corrected chi connectivity index (χ4v) is 3.35. The Labute approximate surface area is 114 Å². The fraction of sp³-hybridized carbons (Fsp3) is 1.00. The SMILES string of the molecule is CCC1(C)CN(C(C)CC2CC2)C(C(C)C)CN1. The molecule has 1 saturated heterocycles. The maximum Gasteiger partial charge on any atom is 0.0278 e. The third-order valence-corrected chi connectivity index (χ3v) is 5.18. The molecule has 0 radical (unpaired) electrons. The van der Waals surface area contributed by atoms with Gasteiger partial charge in [0.15, 0.2) is 0 Å². The average Bonchev–Trinajstić information content (AvgIpc) is 3.12. The second-order valence-electron chi connectivity index (χ2n) is 7.31. The van der Waals surface area contributed by atoms with E-state index in [1.807, 2.05) is 0 Å². The predicted octanol–water partition coefficient (Wildman–Crippen LogP) is 3.27. The van der Waals surface area contributed by atoms with Crippen molar-refractivity contribution in [3.05, 3.63) is 0 Å². The second kappa shape index (κ2) is 5.50. The summed E-state index contributed by atoms with van der Waals surface area (Å²) in [6.45, 7) is 14.3. The van der Waals surface area contributed by atoms with Gasteiger partial charge in [0.25, 0.3) is 0 Å². The van der Waals surface area contributed by atoms with Crippen LogP contribution in [0.15, 0.2) is 0 Å². The summed E-state index contributed by atoms with van der Waals surface area (Å²) in [6, 6.07) is 1.48. The van der Waals surface area contributed by atoms with Crippen LogP contribution in [0.4, 0.5) is 0 Å². The van der Waals surface area contributed by atoms with Crippen molar-refractivity contribution in [2.75, 3.05) is 13.1 Å². The third-order valence-electron chi connectivity index (χ3n) is 5.18. The first-order valence-electron chi connectivity index (χ1n) is 7.96. The van der Waals surface area contributed by atoms with Crippen LogP contribution in [0.25, 0.3) is 0 Å². The summed E-state index contributed by atoms with van der Waals surface area (Å²) in [5.74, 6) is 1.79. The third kappa shape index (κ3) is 3.27. The van der Waals surface area contributed by atoms with Gasteiger partial charge in [-0.1, -0.05) is 33.6 Å². The minimum Gasteiger partial charge on any atom is -0.309 e. The van der Waals surface area contributed by atoms with Crippen LogP contribution in [0, 0.1) is 11.8 Å². The molecule has 0 aromatic rings. The van der Waals surface area contributed by atoms with Crippen molar-refractivity contribution in [3.8, 4) is 0 Å². The van der Waals surface area contributed by atoms with E-state index in [0.717, 1.165) is 30.5 Å². The topological polar surface area (TPSA) is 15.3 Å². The highest BCUT2D eigenvalue weighted by molar-refractivity contribution is 4.97. The van der Waals surface area contributed by atoms with E-state index in [0.29, 0.717) is 5.54 Å². The van der Waals surface area contributed by atoms with E-state index in [4.69, 9.17) is 0 Å². The first kappa shape index (κ1) is 14.3. The summed E-state index contributed by atoms with van der Waals surface area (Å²) >= 11 is 0. The number of nitrogens with one attached hydrogen (secondary N) is 1. The van der Waals surface area contributed by atoms with E-state index in [2.05, 4.69) is 44.8 Å². The molecular formula is C16H32N2. The zero-order valence-corrected chi connectivity index (χ0v) is 13.0. The Kier molecular flexibility index (Phi) is 4.38. The van der Waals surface area contributed by atoms with E-state index in [-0.39, 0.29) is 0 Å². The highest BCUT2D eigenvalue weighted by Gasteiger charge is 2.39. The molecule has 0 amide bonds. The molecule has 2 nitrogen and oxygen atoms in total. The minimum atomic E-state index is 0.323.